The van der Waals surface area contributed by atoms with Crippen LogP contribution in [-0.4, -0.2) is 18.1 Å². The van der Waals surface area contributed by atoms with E-state index in [0.717, 1.165) is 5.75 Å². The molecule has 0 aliphatic rings. The molecule has 19 heavy (non-hydrogen) atoms. The number of rotatable bonds is 5. The van der Waals surface area contributed by atoms with E-state index >= 15 is 0 Å². The summed E-state index contributed by atoms with van der Waals surface area (Å²) < 4.78 is 5.53. The van der Waals surface area contributed by atoms with Gasteiger partial charge >= 0.3 is 0 Å². The number of para-hydroxylation sites is 1. The van der Waals surface area contributed by atoms with E-state index in [2.05, 4.69) is 10.3 Å². The Morgan fingerprint density at radius 1 is 1.05 bits per heavy atom. The molecule has 3 nitrogen and oxygen atoms in total. The van der Waals surface area contributed by atoms with Crippen molar-refractivity contribution in [1.29, 1.82) is 0 Å². The van der Waals surface area contributed by atoms with Crippen LogP contribution in [0.25, 0.3) is 0 Å². The fourth-order valence-electron chi connectivity index (χ4n) is 1.42. The molecule has 1 N–H and O–H groups in total. The quantitative estimate of drug-likeness (QED) is 0.649. The van der Waals surface area contributed by atoms with Crippen LogP contribution >= 0.6 is 34.8 Å². The van der Waals surface area contributed by atoms with Gasteiger partial charge in [0.05, 0.1) is 16.6 Å². The molecule has 0 amide bonds. The van der Waals surface area contributed by atoms with Gasteiger partial charge in [0.25, 0.3) is 0 Å². The number of benzene rings is 1. The molecule has 0 fully saturated rings. The standard InChI is InChI=1S/C13H11Cl3N2O/c14-10-8-11(15)13(18-12(10)16)17-6-7-19-9-4-2-1-3-5-9/h1-5,8H,6-7H2,(H,17,18). The average Bonchev–Trinajstić information content (AvgIpc) is 2.41. The van der Waals surface area contributed by atoms with E-state index in [0.29, 0.717) is 29.0 Å². The van der Waals surface area contributed by atoms with Crippen LogP contribution in [0.4, 0.5) is 5.82 Å². The third-order valence-electron chi connectivity index (χ3n) is 2.29. The van der Waals surface area contributed by atoms with Crippen LogP contribution in [0.3, 0.4) is 0 Å². The van der Waals surface area contributed by atoms with Gasteiger partial charge in [0.2, 0.25) is 0 Å². The number of ether oxygens (including phenoxy) is 1. The number of nitrogens with zero attached hydrogens (tertiary/aromatic N) is 1. The Morgan fingerprint density at radius 2 is 1.79 bits per heavy atom. The number of anilines is 1. The molecule has 0 atom stereocenters. The topological polar surface area (TPSA) is 34.1 Å². The predicted octanol–water partition coefficient (Wildman–Crippen LogP) is 4.53. The van der Waals surface area contributed by atoms with Crippen molar-refractivity contribution in [3.63, 3.8) is 0 Å². The molecule has 100 valence electrons. The molecule has 1 aromatic carbocycles. The number of hydrogen-bond donors (Lipinski definition) is 1. The normalized spacial score (nSPS) is 10.3. The molecule has 1 heterocycles. The summed E-state index contributed by atoms with van der Waals surface area (Å²) in [6, 6.07) is 11.1. The second-order valence-electron chi connectivity index (χ2n) is 3.68. The van der Waals surface area contributed by atoms with Gasteiger partial charge in [0.1, 0.15) is 23.3 Å². The molecule has 0 bridgehead atoms. The number of halogens is 3. The lowest BCUT2D eigenvalue weighted by molar-refractivity contribution is 0.333. The monoisotopic (exact) mass is 316 g/mol. The Hall–Kier alpha value is -1.16. The largest absolute Gasteiger partial charge is 0.492 e. The summed E-state index contributed by atoms with van der Waals surface area (Å²) in [5.41, 5.74) is 0. The van der Waals surface area contributed by atoms with Crippen LogP contribution in [-0.2, 0) is 0 Å². The van der Waals surface area contributed by atoms with E-state index in [9.17, 15) is 0 Å². The number of aromatic nitrogens is 1. The van der Waals surface area contributed by atoms with Crippen molar-refractivity contribution in [3.8, 4) is 5.75 Å². The molecule has 0 unspecified atom stereocenters. The summed E-state index contributed by atoms with van der Waals surface area (Å²) in [5, 5.41) is 4.02. The van der Waals surface area contributed by atoms with E-state index in [1.165, 1.54) is 0 Å². The predicted molar refractivity (Wildman–Crippen MR) is 79.7 cm³/mol. The summed E-state index contributed by atoms with van der Waals surface area (Å²) in [4.78, 5) is 4.05. The summed E-state index contributed by atoms with van der Waals surface area (Å²) in [6.45, 7) is 1.04. The van der Waals surface area contributed by atoms with Gasteiger partial charge in [-0.05, 0) is 18.2 Å². The van der Waals surface area contributed by atoms with Crippen molar-refractivity contribution in [2.75, 3.05) is 18.5 Å². The van der Waals surface area contributed by atoms with Crippen molar-refractivity contribution in [2.24, 2.45) is 0 Å². The van der Waals surface area contributed by atoms with Gasteiger partial charge in [0, 0.05) is 0 Å². The van der Waals surface area contributed by atoms with Gasteiger partial charge in [0.15, 0.2) is 0 Å². The molecule has 0 aliphatic carbocycles. The number of pyridine rings is 1. The maximum atomic E-state index is 5.99. The lowest BCUT2D eigenvalue weighted by Gasteiger charge is -2.09. The van der Waals surface area contributed by atoms with E-state index < -0.39 is 0 Å². The third kappa shape index (κ3) is 4.16. The minimum atomic E-state index is 0.220. The molecule has 0 saturated carbocycles. The first-order chi connectivity index (χ1) is 9.16. The zero-order chi connectivity index (χ0) is 13.7. The van der Waals surface area contributed by atoms with Crippen LogP contribution in [0.5, 0.6) is 5.75 Å². The summed E-state index contributed by atoms with van der Waals surface area (Å²) >= 11 is 17.6. The van der Waals surface area contributed by atoms with E-state index in [1.807, 2.05) is 30.3 Å². The molecule has 0 saturated heterocycles. The Bertz CT molecular complexity index is 549. The molecule has 0 spiro atoms. The lowest BCUT2D eigenvalue weighted by atomic mass is 10.3. The molecular weight excluding hydrogens is 307 g/mol. The first-order valence-electron chi connectivity index (χ1n) is 5.60. The van der Waals surface area contributed by atoms with E-state index in [4.69, 9.17) is 39.5 Å². The van der Waals surface area contributed by atoms with Crippen molar-refractivity contribution in [2.45, 2.75) is 0 Å². The minimum Gasteiger partial charge on any atom is -0.492 e. The fraction of sp³-hybridized carbons (Fsp3) is 0.154. The molecule has 0 radical (unpaired) electrons. The Balaban J connectivity index is 1.85. The zero-order valence-corrected chi connectivity index (χ0v) is 12.1. The highest BCUT2D eigenvalue weighted by Gasteiger charge is 2.07. The van der Waals surface area contributed by atoms with Crippen LogP contribution < -0.4 is 10.1 Å². The van der Waals surface area contributed by atoms with E-state index in [1.54, 1.807) is 6.07 Å². The number of nitrogens with one attached hydrogen (secondary N) is 1. The Labute approximate surface area is 126 Å². The van der Waals surface area contributed by atoms with Gasteiger partial charge in [-0.1, -0.05) is 53.0 Å². The maximum absolute atomic E-state index is 5.99. The molecule has 0 aliphatic heterocycles. The second kappa shape index (κ2) is 6.85. The van der Waals surface area contributed by atoms with Crippen LogP contribution in [0, 0.1) is 0 Å². The summed E-state index contributed by atoms with van der Waals surface area (Å²) in [6.07, 6.45) is 0. The highest BCUT2D eigenvalue weighted by Crippen LogP contribution is 2.28. The van der Waals surface area contributed by atoms with Crippen molar-refractivity contribution >= 4 is 40.6 Å². The van der Waals surface area contributed by atoms with E-state index in [-0.39, 0.29) is 5.15 Å². The zero-order valence-electron chi connectivity index (χ0n) is 9.87. The van der Waals surface area contributed by atoms with Crippen molar-refractivity contribution < 1.29 is 4.74 Å². The SMILES string of the molecule is Clc1cc(Cl)c(NCCOc2ccccc2)nc1Cl. The molecular formula is C13H11Cl3N2O. The van der Waals surface area contributed by atoms with Crippen LogP contribution in [0.1, 0.15) is 0 Å². The molecule has 6 heteroatoms. The first-order valence-corrected chi connectivity index (χ1v) is 6.73. The van der Waals surface area contributed by atoms with Gasteiger partial charge in [-0.25, -0.2) is 4.98 Å². The average molecular weight is 318 g/mol. The van der Waals surface area contributed by atoms with Crippen molar-refractivity contribution in [3.05, 3.63) is 51.6 Å². The minimum absolute atomic E-state index is 0.220. The second-order valence-corrected chi connectivity index (χ2v) is 4.85. The molecule has 1 aromatic heterocycles. The van der Waals surface area contributed by atoms with Gasteiger partial charge in [-0.15, -0.1) is 0 Å². The molecule has 2 rings (SSSR count). The maximum Gasteiger partial charge on any atom is 0.150 e. The van der Waals surface area contributed by atoms with Crippen molar-refractivity contribution in [1.82, 2.24) is 4.98 Å². The highest BCUT2D eigenvalue weighted by molar-refractivity contribution is 6.42. The van der Waals surface area contributed by atoms with Gasteiger partial charge in [-0.2, -0.15) is 0 Å². The van der Waals surface area contributed by atoms with Gasteiger partial charge < -0.3 is 10.1 Å². The third-order valence-corrected chi connectivity index (χ3v) is 3.25. The smallest absolute Gasteiger partial charge is 0.150 e. The summed E-state index contributed by atoms with van der Waals surface area (Å²) in [5.74, 6) is 1.31. The first kappa shape index (κ1) is 14.3. The molecule has 2 aromatic rings. The highest BCUT2D eigenvalue weighted by atomic mass is 35.5. The Morgan fingerprint density at radius 3 is 2.53 bits per heavy atom. The summed E-state index contributed by atoms with van der Waals surface area (Å²) in [7, 11) is 0. The Kier molecular flexibility index (Phi) is 5.14. The van der Waals surface area contributed by atoms with Crippen LogP contribution in [0.2, 0.25) is 15.2 Å². The lowest BCUT2D eigenvalue weighted by Crippen LogP contribution is -2.12. The number of hydrogen-bond acceptors (Lipinski definition) is 3. The van der Waals surface area contributed by atoms with Gasteiger partial charge in [-0.3, -0.25) is 0 Å². The fourth-order valence-corrected chi connectivity index (χ4v) is 1.99. The van der Waals surface area contributed by atoms with Crippen LogP contribution in [0.15, 0.2) is 36.4 Å².